The van der Waals surface area contributed by atoms with Gasteiger partial charge in [0.1, 0.15) is 11.9 Å². The Morgan fingerprint density at radius 1 is 1.53 bits per heavy atom. The van der Waals surface area contributed by atoms with Gasteiger partial charge in [-0.25, -0.2) is 4.98 Å². The van der Waals surface area contributed by atoms with Crippen molar-refractivity contribution in [2.24, 2.45) is 5.92 Å². The van der Waals surface area contributed by atoms with Gasteiger partial charge in [0, 0.05) is 12.2 Å². The number of hydrogen-bond donors (Lipinski definition) is 2. The number of aryl methyl sites for hydroxylation is 1. The lowest BCUT2D eigenvalue weighted by atomic mass is 9.84. The summed E-state index contributed by atoms with van der Waals surface area (Å²) in [5.74, 6) is -0.674. The van der Waals surface area contributed by atoms with Crippen molar-refractivity contribution < 1.29 is 9.90 Å². The molecule has 2 atom stereocenters. The minimum Gasteiger partial charge on any atom is -0.481 e. The third-order valence-electron chi connectivity index (χ3n) is 3.68. The van der Waals surface area contributed by atoms with E-state index in [0.717, 1.165) is 24.8 Å². The van der Waals surface area contributed by atoms with Crippen molar-refractivity contribution >= 4 is 11.8 Å². The molecule has 1 saturated carbocycles. The van der Waals surface area contributed by atoms with E-state index < -0.39 is 11.9 Å². The number of anilines is 1. The number of rotatable bonds is 3. The highest BCUT2D eigenvalue weighted by molar-refractivity contribution is 5.72. The predicted octanol–water partition coefficient (Wildman–Crippen LogP) is 2.32. The molecule has 2 unspecified atom stereocenters. The molecule has 100 valence electrons. The number of hydrogen-bond acceptors (Lipinski definition) is 4. The monoisotopic (exact) mass is 259 g/mol. The van der Waals surface area contributed by atoms with E-state index in [9.17, 15) is 9.90 Å². The average molecular weight is 259 g/mol. The van der Waals surface area contributed by atoms with E-state index in [1.54, 1.807) is 12.3 Å². The van der Waals surface area contributed by atoms with E-state index in [1.807, 2.05) is 6.92 Å². The van der Waals surface area contributed by atoms with Crippen LogP contribution in [0.15, 0.2) is 12.3 Å². The summed E-state index contributed by atoms with van der Waals surface area (Å²) in [5, 5.41) is 21.6. The Bertz CT molecular complexity index is 522. The van der Waals surface area contributed by atoms with Crippen molar-refractivity contribution in [3.8, 4) is 6.07 Å². The highest BCUT2D eigenvalue weighted by Crippen LogP contribution is 2.28. The van der Waals surface area contributed by atoms with Gasteiger partial charge in [-0.3, -0.25) is 4.79 Å². The second kappa shape index (κ2) is 5.70. The fourth-order valence-corrected chi connectivity index (χ4v) is 2.58. The van der Waals surface area contributed by atoms with Gasteiger partial charge >= 0.3 is 5.97 Å². The molecule has 1 aliphatic carbocycles. The molecule has 0 saturated heterocycles. The number of nitrogens with one attached hydrogen (secondary N) is 1. The molecule has 1 aromatic rings. The summed E-state index contributed by atoms with van der Waals surface area (Å²) in [6.07, 6.45) is 5.08. The number of nitriles is 1. The third-order valence-corrected chi connectivity index (χ3v) is 3.68. The smallest absolute Gasteiger partial charge is 0.308 e. The zero-order valence-electron chi connectivity index (χ0n) is 10.9. The van der Waals surface area contributed by atoms with Gasteiger partial charge in [0.25, 0.3) is 0 Å². The highest BCUT2D eigenvalue weighted by atomic mass is 16.4. The fraction of sp³-hybridized carbons (Fsp3) is 0.500. The van der Waals surface area contributed by atoms with Crippen LogP contribution >= 0.6 is 0 Å². The van der Waals surface area contributed by atoms with Gasteiger partial charge in [-0.1, -0.05) is 12.8 Å². The van der Waals surface area contributed by atoms with Gasteiger partial charge in [-0.2, -0.15) is 5.26 Å². The molecule has 5 heteroatoms. The molecule has 5 nitrogen and oxygen atoms in total. The van der Waals surface area contributed by atoms with Crippen molar-refractivity contribution in [1.82, 2.24) is 4.98 Å². The number of aromatic nitrogens is 1. The lowest BCUT2D eigenvalue weighted by Crippen LogP contribution is -2.37. The van der Waals surface area contributed by atoms with E-state index in [1.165, 1.54) is 0 Å². The standard InChI is InChI=1S/C14H17N3O2/c1-9-6-7-16-13(11(9)8-15)17-12-5-3-2-4-10(12)14(18)19/h6-7,10,12H,2-5H2,1H3,(H,16,17)(H,18,19). The minimum absolute atomic E-state index is 0.146. The van der Waals surface area contributed by atoms with Crippen molar-refractivity contribution in [2.45, 2.75) is 38.6 Å². The lowest BCUT2D eigenvalue weighted by molar-refractivity contribution is -0.143. The second-order valence-corrected chi connectivity index (χ2v) is 4.94. The van der Waals surface area contributed by atoms with Crippen molar-refractivity contribution in [2.75, 3.05) is 5.32 Å². The molecule has 2 rings (SSSR count). The SMILES string of the molecule is Cc1ccnc(NC2CCCCC2C(=O)O)c1C#N. The summed E-state index contributed by atoms with van der Waals surface area (Å²) in [4.78, 5) is 15.4. The Balaban J connectivity index is 2.22. The zero-order valence-corrected chi connectivity index (χ0v) is 10.9. The first-order valence-electron chi connectivity index (χ1n) is 6.48. The Labute approximate surface area is 112 Å². The van der Waals surface area contributed by atoms with Crippen LogP contribution in [0.3, 0.4) is 0 Å². The quantitative estimate of drug-likeness (QED) is 0.870. The van der Waals surface area contributed by atoms with Crippen LogP contribution in [0.25, 0.3) is 0 Å². The Kier molecular flexibility index (Phi) is 4.00. The van der Waals surface area contributed by atoms with Crippen LogP contribution in [-0.2, 0) is 4.79 Å². The molecular formula is C14H17N3O2. The third kappa shape index (κ3) is 2.84. The van der Waals surface area contributed by atoms with Crippen LogP contribution < -0.4 is 5.32 Å². The molecule has 19 heavy (non-hydrogen) atoms. The molecule has 0 radical (unpaired) electrons. The van der Waals surface area contributed by atoms with E-state index >= 15 is 0 Å². The summed E-state index contributed by atoms with van der Waals surface area (Å²) >= 11 is 0. The van der Waals surface area contributed by atoms with Crippen LogP contribution in [0.1, 0.15) is 36.8 Å². The van der Waals surface area contributed by atoms with Gasteiger partial charge in [0.2, 0.25) is 0 Å². The molecule has 2 N–H and O–H groups in total. The maximum Gasteiger partial charge on any atom is 0.308 e. The van der Waals surface area contributed by atoms with Crippen molar-refractivity contribution in [1.29, 1.82) is 5.26 Å². The first-order valence-corrected chi connectivity index (χ1v) is 6.48. The van der Waals surface area contributed by atoms with E-state index in [4.69, 9.17) is 5.26 Å². The molecule has 1 aliphatic rings. The largest absolute Gasteiger partial charge is 0.481 e. The maximum absolute atomic E-state index is 11.3. The molecule has 0 amide bonds. The molecule has 0 aliphatic heterocycles. The van der Waals surface area contributed by atoms with Gasteiger partial charge in [0.05, 0.1) is 11.5 Å². The normalized spacial score (nSPS) is 22.5. The molecular weight excluding hydrogens is 242 g/mol. The zero-order chi connectivity index (χ0) is 13.8. The van der Waals surface area contributed by atoms with Crippen LogP contribution in [0, 0.1) is 24.2 Å². The van der Waals surface area contributed by atoms with Crippen LogP contribution in [0.4, 0.5) is 5.82 Å². The van der Waals surface area contributed by atoms with E-state index in [-0.39, 0.29) is 6.04 Å². The number of carboxylic acids is 1. The van der Waals surface area contributed by atoms with Gasteiger partial charge in [-0.15, -0.1) is 0 Å². The summed E-state index contributed by atoms with van der Waals surface area (Å²) in [5.41, 5.74) is 1.35. The van der Waals surface area contributed by atoms with Crippen LogP contribution in [-0.4, -0.2) is 22.1 Å². The second-order valence-electron chi connectivity index (χ2n) is 4.94. The minimum atomic E-state index is -0.775. The molecule has 0 bridgehead atoms. The summed E-state index contributed by atoms with van der Waals surface area (Å²) in [7, 11) is 0. The molecule has 0 aromatic carbocycles. The average Bonchev–Trinajstić information content (AvgIpc) is 2.39. The summed E-state index contributed by atoms with van der Waals surface area (Å²) < 4.78 is 0. The fourth-order valence-electron chi connectivity index (χ4n) is 2.58. The Morgan fingerprint density at radius 2 is 2.26 bits per heavy atom. The van der Waals surface area contributed by atoms with Crippen LogP contribution in [0.5, 0.6) is 0 Å². The van der Waals surface area contributed by atoms with Crippen LogP contribution in [0.2, 0.25) is 0 Å². The number of carboxylic acid groups (broad SMARTS) is 1. The number of nitrogens with zero attached hydrogens (tertiary/aromatic N) is 2. The van der Waals surface area contributed by atoms with Gasteiger partial charge in [0.15, 0.2) is 0 Å². The maximum atomic E-state index is 11.3. The molecule has 0 spiro atoms. The van der Waals surface area contributed by atoms with Crippen molar-refractivity contribution in [3.63, 3.8) is 0 Å². The number of carbonyl (C=O) groups is 1. The van der Waals surface area contributed by atoms with E-state index in [2.05, 4.69) is 16.4 Å². The summed E-state index contributed by atoms with van der Waals surface area (Å²) in [6.45, 7) is 1.85. The predicted molar refractivity (Wildman–Crippen MR) is 70.7 cm³/mol. The number of pyridine rings is 1. The first kappa shape index (κ1) is 13.3. The Hall–Kier alpha value is -2.09. The number of aliphatic carboxylic acids is 1. The first-order chi connectivity index (χ1) is 9.13. The molecule has 1 heterocycles. The topological polar surface area (TPSA) is 86.0 Å². The van der Waals surface area contributed by atoms with E-state index in [0.29, 0.717) is 17.8 Å². The Morgan fingerprint density at radius 3 is 2.95 bits per heavy atom. The van der Waals surface area contributed by atoms with Gasteiger partial charge < -0.3 is 10.4 Å². The van der Waals surface area contributed by atoms with Gasteiger partial charge in [-0.05, 0) is 31.4 Å². The highest BCUT2D eigenvalue weighted by Gasteiger charge is 2.31. The molecule has 1 aromatic heterocycles. The molecule has 1 fully saturated rings. The van der Waals surface area contributed by atoms with Crippen molar-refractivity contribution in [3.05, 3.63) is 23.4 Å². The lowest BCUT2D eigenvalue weighted by Gasteiger charge is -2.30. The summed E-state index contributed by atoms with van der Waals surface area (Å²) in [6, 6.07) is 3.76.